The lowest BCUT2D eigenvalue weighted by molar-refractivity contribution is 0.240. The van der Waals surface area contributed by atoms with E-state index in [9.17, 15) is 13.6 Å². The van der Waals surface area contributed by atoms with Crippen LogP contribution in [0.15, 0.2) is 18.2 Å². The Kier molecular flexibility index (Phi) is 3.56. The van der Waals surface area contributed by atoms with Crippen LogP contribution in [0, 0.1) is 11.6 Å². The summed E-state index contributed by atoms with van der Waals surface area (Å²) >= 11 is 0. The van der Waals surface area contributed by atoms with E-state index in [1.54, 1.807) is 0 Å². The predicted molar refractivity (Wildman–Crippen MR) is 59.6 cm³/mol. The third-order valence-corrected chi connectivity index (χ3v) is 2.53. The van der Waals surface area contributed by atoms with Crippen molar-refractivity contribution < 1.29 is 13.6 Å². The van der Waals surface area contributed by atoms with E-state index in [1.165, 1.54) is 12.1 Å². The molecule has 5 heteroatoms. The summed E-state index contributed by atoms with van der Waals surface area (Å²) in [7, 11) is 0. The first-order valence-electron chi connectivity index (χ1n) is 5.63. The highest BCUT2D eigenvalue weighted by Crippen LogP contribution is 2.18. The van der Waals surface area contributed by atoms with Crippen LogP contribution in [0.1, 0.15) is 18.4 Å². The van der Waals surface area contributed by atoms with Gasteiger partial charge >= 0.3 is 6.03 Å². The summed E-state index contributed by atoms with van der Waals surface area (Å²) in [6.45, 7) is 0.363. The van der Waals surface area contributed by atoms with Crippen LogP contribution in [0.3, 0.4) is 0 Å². The van der Waals surface area contributed by atoms with E-state index < -0.39 is 11.6 Å². The van der Waals surface area contributed by atoms with Crippen LogP contribution in [0.5, 0.6) is 0 Å². The van der Waals surface area contributed by atoms with E-state index in [2.05, 4.69) is 10.6 Å². The molecule has 0 aromatic heterocycles. The SMILES string of the molecule is O=C(NCCc1cc(F)cc(F)c1)NC1CC1. The zero-order valence-electron chi connectivity index (χ0n) is 9.30. The zero-order chi connectivity index (χ0) is 12.3. The van der Waals surface area contributed by atoms with Crippen LogP contribution in [-0.4, -0.2) is 18.6 Å². The van der Waals surface area contributed by atoms with E-state index >= 15 is 0 Å². The van der Waals surface area contributed by atoms with Gasteiger partial charge in [-0.05, 0) is 37.0 Å². The molecule has 3 nitrogen and oxygen atoms in total. The summed E-state index contributed by atoms with van der Waals surface area (Å²) in [5.41, 5.74) is 0.536. The van der Waals surface area contributed by atoms with E-state index in [4.69, 9.17) is 0 Å². The Balaban J connectivity index is 1.74. The third kappa shape index (κ3) is 4.01. The van der Waals surface area contributed by atoms with Gasteiger partial charge in [-0.25, -0.2) is 13.6 Å². The highest BCUT2D eigenvalue weighted by atomic mass is 19.1. The van der Waals surface area contributed by atoms with Crippen molar-refractivity contribution in [2.75, 3.05) is 6.54 Å². The summed E-state index contributed by atoms with van der Waals surface area (Å²) in [4.78, 5) is 11.2. The van der Waals surface area contributed by atoms with Crippen LogP contribution in [0.2, 0.25) is 0 Å². The number of hydrogen-bond acceptors (Lipinski definition) is 1. The number of halogens is 2. The molecule has 2 rings (SSSR count). The molecule has 0 unspecified atom stereocenters. The number of hydrogen-bond donors (Lipinski definition) is 2. The van der Waals surface area contributed by atoms with Crippen LogP contribution < -0.4 is 10.6 Å². The second-order valence-corrected chi connectivity index (χ2v) is 4.20. The lowest BCUT2D eigenvalue weighted by Gasteiger charge is -2.06. The van der Waals surface area contributed by atoms with Gasteiger partial charge in [0.25, 0.3) is 0 Å². The van der Waals surface area contributed by atoms with Gasteiger partial charge in [0.1, 0.15) is 11.6 Å². The smallest absolute Gasteiger partial charge is 0.315 e. The van der Waals surface area contributed by atoms with Gasteiger partial charge in [-0.15, -0.1) is 0 Å². The maximum absolute atomic E-state index is 12.9. The van der Waals surface area contributed by atoms with Crippen molar-refractivity contribution in [2.45, 2.75) is 25.3 Å². The quantitative estimate of drug-likeness (QED) is 0.830. The Morgan fingerprint density at radius 2 is 1.88 bits per heavy atom. The second kappa shape index (κ2) is 5.12. The molecule has 17 heavy (non-hydrogen) atoms. The topological polar surface area (TPSA) is 41.1 Å². The summed E-state index contributed by atoms with van der Waals surface area (Å²) in [6.07, 6.45) is 2.47. The number of benzene rings is 1. The van der Waals surface area contributed by atoms with Crippen molar-refractivity contribution in [3.05, 3.63) is 35.4 Å². The summed E-state index contributed by atoms with van der Waals surface area (Å²) in [5, 5.41) is 5.41. The Labute approximate surface area is 98.2 Å². The van der Waals surface area contributed by atoms with E-state index in [0.717, 1.165) is 18.9 Å². The van der Waals surface area contributed by atoms with Crippen molar-refractivity contribution in [3.8, 4) is 0 Å². The number of rotatable bonds is 4. The zero-order valence-corrected chi connectivity index (χ0v) is 9.30. The highest BCUT2D eigenvalue weighted by molar-refractivity contribution is 5.74. The van der Waals surface area contributed by atoms with Crippen molar-refractivity contribution in [1.29, 1.82) is 0 Å². The van der Waals surface area contributed by atoms with Crippen LogP contribution in [0.25, 0.3) is 0 Å². The van der Waals surface area contributed by atoms with Crippen molar-refractivity contribution in [2.24, 2.45) is 0 Å². The van der Waals surface area contributed by atoms with Crippen molar-refractivity contribution in [3.63, 3.8) is 0 Å². The lowest BCUT2D eigenvalue weighted by atomic mass is 10.1. The molecule has 1 fully saturated rings. The third-order valence-electron chi connectivity index (χ3n) is 2.53. The van der Waals surface area contributed by atoms with Gasteiger partial charge in [0, 0.05) is 18.7 Å². The monoisotopic (exact) mass is 240 g/mol. The molecule has 0 saturated heterocycles. The van der Waals surface area contributed by atoms with Gasteiger partial charge in [0.2, 0.25) is 0 Å². The molecule has 1 aliphatic carbocycles. The minimum absolute atomic E-state index is 0.218. The first kappa shape index (κ1) is 11.8. The van der Waals surface area contributed by atoms with Crippen LogP contribution in [0.4, 0.5) is 13.6 Å². The molecular formula is C12H14F2N2O. The number of nitrogens with one attached hydrogen (secondary N) is 2. The van der Waals surface area contributed by atoms with Gasteiger partial charge in [-0.1, -0.05) is 0 Å². The molecular weight excluding hydrogens is 226 g/mol. The van der Waals surface area contributed by atoms with Gasteiger partial charge in [0.15, 0.2) is 0 Å². The molecule has 1 aromatic rings. The molecule has 0 atom stereocenters. The van der Waals surface area contributed by atoms with E-state index in [-0.39, 0.29) is 6.03 Å². The van der Waals surface area contributed by atoms with Crippen molar-refractivity contribution >= 4 is 6.03 Å². The minimum Gasteiger partial charge on any atom is -0.338 e. The number of urea groups is 1. The summed E-state index contributed by atoms with van der Waals surface area (Å²) in [6, 6.07) is 3.45. The Morgan fingerprint density at radius 1 is 1.24 bits per heavy atom. The standard InChI is InChI=1S/C12H14F2N2O/c13-9-5-8(6-10(14)7-9)3-4-15-12(17)16-11-1-2-11/h5-7,11H,1-4H2,(H2,15,16,17). The fourth-order valence-corrected chi connectivity index (χ4v) is 1.54. The molecule has 0 heterocycles. The predicted octanol–water partition coefficient (Wildman–Crippen LogP) is 1.97. The number of carbonyl (C=O) groups is 1. The summed E-state index contributed by atoms with van der Waals surface area (Å²) in [5.74, 6) is -1.19. The molecule has 0 bridgehead atoms. The normalized spacial score (nSPS) is 14.5. The van der Waals surface area contributed by atoms with Gasteiger partial charge in [0.05, 0.1) is 0 Å². The second-order valence-electron chi connectivity index (χ2n) is 4.20. The van der Waals surface area contributed by atoms with E-state index in [1.807, 2.05) is 0 Å². The molecule has 1 aromatic carbocycles. The molecule has 2 N–H and O–H groups in total. The van der Waals surface area contributed by atoms with Crippen molar-refractivity contribution in [1.82, 2.24) is 10.6 Å². The first-order valence-corrected chi connectivity index (χ1v) is 5.63. The van der Waals surface area contributed by atoms with E-state index in [0.29, 0.717) is 24.6 Å². The highest BCUT2D eigenvalue weighted by Gasteiger charge is 2.22. The minimum atomic E-state index is -0.595. The van der Waals surface area contributed by atoms with Gasteiger partial charge in [-0.3, -0.25) is 0 Å². The molecule has 0 spiro atoms. The Hall–Kier alpha value is -1.65. The molecule has 0 aliphatic heterocycles. The fraction of sp³-hybridized carbons (Fsp3) is 0.417. The Bertz CT molecular complexity index is 399. The average Bonchev–Trinajstić information content (AvgIpc) is 3.00. The lowest BCUT2D eigenvalue weighted by Crippen LogP contribution is -2.37. The molecule has 1 aliphatic rings. The number of carbonyl (C=O) groups excluding carboxylic acids is 1. The molecule has 2 amide bonds. The number of amides is 2. The van der Waals surface area contributed by atoms with Crippen LogP contribution in [-0.2, 0) is 6.42 Å². The molecule has 1 saturated carbocycles. The van der Waals surface area contributed by atoms with Gasteiger partial charge in [-0.2, -0.15) is 0 Å². The first-order chi connectivity index (χ1) is 8.13. The summed E-state index contributed by atoms with van der Waals surface area (Å²) < 4.78 is 25.7. The van der Waals surface area contributed by atoms with Crippen LogP contribution >= 0.6 is 0 Å². The largest absolute Gasteiger partial charge is 0.338 e. The molecule has 92 valence electrons. The maximum Gasteiger partial charge on any atom is 0.315 e. The molecule has 0 radical (unpaired) electrons. The maximum atomic E-state index is 12.9. The average molecular weight is 240 g/mol. The fourth-order valence-electron chi connectivity index (χ4n) is 1.54. The Morgan fingerprint density at radius 3 is 2.47 bits per heavy atom. The van der Waals surface area contributed by atoms with Gasteiger partial charge < -0.3 is 10.6 Å².